The summed E-state index contributed by atoms with van der Waals surface area (Å²) in [6.45, 7) is 0.218. The van der Waals surface area contributed by atoms with E-state index in [2.05, 4.69) is 15.6 Å². The van der Waals surface area contributed by atoms with E-state index in [1.807, 2.05) is 0 Å². The number of hydrogen-bond acceptors (Lipinski definition) is 6. The maximum Gasteiger partial charge on any atom is 0.285 e. The van der Waals surface area contributed by atoms with Gasteiger partial charge in [-0.2, -0.15) is 0 Å². The zero-order chi connectivity index (χ0) is 12.3. The van der Waals surface area contributed by atoms with Gasteiger partial charge in [0.25, 0.3) is 11.1 Å². The fourth-order valence-electron chi connectivity index (χ4n) is 1.25. The summed E-state index contributed by atoms with van der Waals surface area (Å²) in [6.07, 6.45) is 0. The molecule has 2 N–H and O–H groups in total. The molecule has 3 amide bonds. The highest BCUT2D eigenvalue weighted by molar-refractivity contribution is 8.16. The summed E-state index contributed by atoms with van der Waals surface area (Å²) in [7, 11) is 0. The van der Waals surface area contributed by atoms with Gasteiger partial charge in [-0.3, -0.25) is 24.3 Å². The highest BCUT2D eigenvalue weighted by Gasteiger charge is 2.33. The lowest BCUT2D eigenvalue weighted by Gasteiger charge is -2.26. The van der Waals surface area contributed by atoms with E-state index in [0.29, 0.717) is 0 Å². The summed E-state index contributed by atoms with van der Waals surface area (Å²) in [6, 6.07) is 0. The molecule has 2 aliphatic rings. The molecule has 0 saturated carbocycles. The molecule has 0 aromatic carbocycles. The van der Waals surface area contributed by atoms with E-state index in [1.165, 1.54) is 16.2 Å². The van der Waals surface area contributed by atoms with Crippen LogP contribution in [-0.4, -0.2) is 46.2 Å². The molecule has 1 atom stereocenters. The van der Waals surface area contributed by atoms with E-state index in [1.54, 1.807) is 0 Å². The van der Waals surface area contributed by atoms with Crippen LogP contribution in [0, 0.1) is 5.75 Å². The maximum atomic E-state index is 11.7. The van der Waals surface area contributed by atoms with Gasteiger partial charge in [-0.15, -0.1) is 0 Å². The van der Waals surface area contributed by atoms with Crippen LogP contribution in [0.2, 0.25) is 0 Å². The molecule has 0 aromatic rings. The van der Waals surface area contributed by atoms with Crippen molar-refractivity contribution >= 4 is 46.1 Å². The maximum absolute atomic E-state index is 11.7. The lowest BCUT2D eigenvalue weighted by atomic mass is 10.5. The Morgan fingerprint density at radius 3 is 3.00 bits per heavy atom. The standard InChI is InChI=1S/C8H9N4O3S2/c13-5-1-16-8(15)12(3-11-5)7-6(14)10-2-9-4-17-7/h1,4,7H,2-3H2,(H,10,14)(H,11,13). The Kier molecular flexibility index (Phi) is 3.89. The smallest absolute Gasteiger partial charge is 0.285 e. The molecule has 0 aliphatic carbocycles. The third kappa shape index (κ3) is 2.91. The largest absolute Gasteiger partial charge is 0.337 e. The van der Waals surface area contributed by atoms with Gasteiger partial charge in [0.05, 0.1) is 12.2 Å². The molecule has 17 heavy (non-hydrogen) atoms. The van der Waals surface area contributed by atoms with E-state index >= 15 is 0 Å². The number of hydrogen-bond donors (Lipinski definition) is 2. The van der Waals surface area contributed by atoms with Crippen LogP contribution in [0.25, 0.3) is 0 Å². The van der Waals surface area contributed by atoms with Gasteiger partial charge in [0, 0.05) is 0 Å². The minimum atomic E-state index is -0.701. The van der Waals surface area contributed by atoms with Crippen LogP contribution in [0.1, 0.15) is 0 Å². The van der Waals surface area contributed by atoms with Gasteiger partial charge in [-0.1, -0.05) is 11.8 Å². The van der Waals surface area contributed by atoms with E-state index in [-0.39, 0.29) is 30.4 Å². The van der Waals surface area contributed by atoms with E-state index in [9.17, 15) is 14.4 Å². The molecular formula is C8H9N4O3S2. The molecule has 91 valence electrons. The molecular weight excluding hydrogens is 264 g/mol. The van der Waals surface area contributed by atoms with E-state index in [0.717, 1.165) is 23.5 Å². The topological polar surface area (TPSA) is 90.9 Å². The van der Waals surface area contributed by atoms with Crippen LogP contribution in [0.5, 0.6) is 0 Å². The van der Waals surface area contributed by atoms with Gasteiger partial charge in [0.2, 0.25) is 5.91 Å². The highest BCUT2D eigenvalue weighted by atomic mass is 32.2. The molecule has 1 radical (unpaired) electrons. The zero-order valence-electron chi connectivity index (χ0n) is 8.58. The second-order valence-electron chi connectivity index (χ2n) is 3.15. The highest BCUT2D eigenvalue weighted by Crippen LogP contribution is 2.23. The monoisotopic (exact) mass is 273 g/mol. The average Bonchev–Trinajstić information content (AvgIpc) is 2.60. The molecule has 2 rings (SSSR count). The van der Waals surface area contributed by atoms with E-state index < -0.39 is 5.37 Å². The second kappa shape index (κ2) is 5.41. The Morgan fingerprint density at radius 1 is 1.35 bits per heavy atom. The predicted octanol–water partition coefficient (Wildman–Crippen LogP) is -0.434. The Morgan fingerprint density at radius 2 is 2.18 bits per heavy atom. The van der Waals surface area contributed by atoms with Crippen molar-refractivity contribution in [3.05, 3.63) is 5.75 Å². The fraction of sp³-hybridized carbons (Fsp3) is 0.375. The first-order valence-corrected chi connectivity index (χ1v) is 6.50. The van der Waals surface area contributed by atoms with Gasteiger partial charge in [0.15, 0.2) is 5.37 Å². The molecule has 1 unspecified atom stereocenters. The number of nitrogens with zero attached hydrogens (tertiary/aromatic N) is 2. The van der Waals surface area contributed by atoms with Crippen molar-refractivity contribution in [2.45, 2.75) is 5.37 Å². The number of carbonyl (C=O) groups is 3. The first-order chi connectivity index (χ1) is 8.18. The predicted molar refractivity (Wildman–Crippen MR) is 65.0 cm³/mol. The first-order valence-electron chi connectivity index (χ1n) is 4.68. The number of carbonyl (C=O) groups excluding carboxylic acids is 3. The minimum Gasteiger partial charge on any atom is -0.337 e. The summed E-state index contributed by atoms with van der Waals surface area (Å²) in [5, 5.41) is 4.03. The van der Waals surface area contributed by atoms with Gasteiger partial charge in [-0.25, -0.2) is 0 Å². The number of amides is 3. The van der Waals surface area contributed by atoms with Crippen LogP contribution in [0.15, 0.2) is 4.99 Å². The fourth-order valence-corrected chi connectivity index (χ4v) is 2.71. The minimum absolute atomic E-state index is 0.0140. The third-order valence-corrected chi connectivity index (χ3v) is 3.81. The molecule has 2 heterocycles. The summed E-state index contributed by atoms with van der Waals surface area (Å²) in [4.78, 5) is 39.8. The van der Waals surface area contributed by atoms with Crippen molar-refractivity contribution in [3.8, 4) is 0 Å². The summed E-state index contributed by atoms with van der Waals surface area (Å²) < 4.78 is 0. The van der Waals surface area contributed by atoms with Crippen LogP contribution in [-0.2, 0) is 9.59 Å². The van der Waals surface area contributed by atoms with Crippen molar-refractivity contribution in [2.24, 2.45) is 4.99 Å². The Bertz CT molecular complexity index is 387. The second-order valence-corrected chi connectivity index (χ2v) is 4.90. The molecule has 7 nitrogen and oxygen atoms in total. The summed E-state index contributed by atoms with van der Waals surface area (Å²) in [5.74, 6) is 0.562. The quantitative estimate of drug-likeness (QED) is 0.676. The SMILES string of the molecule is O=C1[CH]SC(=O)N(C2SC=NCNC2=O)CN1. The molecule has 0 bridgehead atoms. The third-order valence-electron chi connectivity index (χ3n) is 2.04. The van der Waals surface area contributed by atoms with Crippen molar-refractivity contribution < 1.29 is 14.4 Å². The molecule has 2 aliphatic heterocycles. The van der Waals surface area contributed by atoms with Crippen molar-refractivity contribution in [2.75, 3.05) is 13.3 Å². The number of thioether (sulfide) groups is 2. The van der Waals surface area contributed by atoms with Crippen LogP contribution < -0.4 is 10.6 Å². The Balaban J connectivity index is 2.13. The normalized spacial score (nSPS) is 26.0. The Labute approximate surface area is 106 Å². The molecule has 0 aromatic heterocycles. The summed E-state index contributed by atoms with van der Waals surface area (Å²) in [5.41, 5.74) is 1.52. The zero-order valence-corrected chi connectivity index (χ0v) is 10.2. The lowest BCUT2D eigenvalue weighted by molar-refractivity contribution is -0.123. The molecule has 0 spiro atoms. The lowest BCUT2D eigenvalue weighted by Crippen LogP contribution is -2.48. The average molecular weight is 273 g/mol. The molecule has 1 saturated heterocycles. The van der Waals surface area contributed by atoms with Crippen LogP contribution in [0.4, 0.5) is 4.79 Å². The van der Waals surface area contributed by atoms with Crippen LogP contribution in [0.3, 0.4) is 0 Å². The van der Waals surface area contributed by atoms with Gasteiger partial charge in [-0.05, 0) is 11.8 Å². The van der Waals surface area contributed by atoms with Gasteiger partial charge in [0.1, 0.15) is 12.4 Å². The van der Waals surface area contributed by atoms with Gasteiger partial charge < -0.3 is 10.6 Å². The van der Waals surface area contributed by atoms with E-state index in [4.69, 9.17) is 0 Å². The van der Waals surface area contributed by atoms with Gasteiger partial charge >= 0.3 is 0 Å². The van der Waals surface area contributed by atoms with Crippen LogP contribution >= 0.6 is 23.5 Å². The first kappa shape index (κ1) is 12.2. The number of nitrogens with one attached hydrogen (secondary N) is 2. The summed E-state index contributed by atoms with van der Waals surface area (Å²) >= 11 is 1.91. The molecule has 9 heteroatoms. The number of rotatable bonds is 1. The van der Waals surface area contributed by atoms with Crippen molar-refractivity contribution in [1.29, 1.82) is 0 Å². The van der Waals surface area contributed by atoms with Crippen molar-refractivity contribution in [3.63, 3.8) is 0 Å². The number of aliphatic imine (C=N–C) groups is 1. The Hall–Kier alpha value is -1.22. The molecule has 1 fully saturated rings. The van der Waals surface area contributed by atoms with Crippen molar-refractivity contribution in [1.82, 2.24) is 15.5 Å².